The fourth-order valence-corrected chi connectivity index (χ4v) is 2.00. The van der Waals surface area contributed by atoms with Crippen molar-refractivity contribution < 1.29 is 13.2 Å². The van der Waals surface area contributed by atoms with E-state index in [1.165, 1.54) is 4.68 Å². The minimum absolute atomic E-state index is 0.0330. The predicted molar refractivity (Wildman–Crippen MR) is 72.6 cm³/mol. The van der Waals surface area contributed by atoms with Crippen LogP contribution in [0.2, 0.25) is 5.02 Å². The number of aromatic nitrogens is 4. The molecule has 0 aliphatic rings. The summed E-state index contributed by atoms with van der Waals surface area (Å²) in [5.74, 6) is 0.448. The van der Waals surface area contributed by atoms with Gasteiger partial charge in [-0.2, -0.15) is 13.2 Å². The molecule has 9 heteroatoms. The molecule has 0 unspecified atom stereocenters. The van der Waals surface area contributed by atoms with Gasteiger partial charge >= 0.3 is 6.18 Å². The summed E-state index contributed by atoms with van der Waals surface area (Å²) in [6.07, 6.45) is -4.57. The Morgan fingerprint density at radius 2 is 2.00 bits per heavy atom. The Balaban J connectivity index is 2.03. The van der Waals surface area contributed by atoms with Gasteiger partial charge in [0.2, 0.25) is 0 Å². The van der Waals surface area contributed by atoms with Crippen LogP contribution in [0.4, 0.5) is 18.9 Å². The molecule has 1 aromatic heterocycles. The van der Waals surface area contributed by atoms with E-state index in [9.17, 15) is 13.2 Å². The van der Waals surface area contributed by atoms with E-state index >= 15 is 0 Å². The minimum atomic E-state index is -4.13. The van der Waals surface area contributed by atoms with Crippen molar-refractivity contribution in [3.05, 3.63) is 23.2 Å². The van der Waals surface area contributed by atoms with Crippen molar-refractivity contribution in [3.8, 4) is 11.4 Å². The second kappa shape index (κ2) is 6.30. The number of benzene rings is 1. The number of halogens is 4. The zero-order valence-corrected chi connectivity index (χ0v) is 11.7. The van der Waals surface area contributed by atoms with Crippen molar-refractivity contribution in [1.29, 1.82) is 0 Å². The Hall–Kier alpha value is -1.83. The van der Waals surface area contributed by atoms with Crippen molar-refractivity contribution >= 4 is 17.3 Å². The van der Waals surface area contributed by atoms with Crippen LogP contribution in [0, 0.1) is 0 Å². The highest BCUT2D eigenvalue weighted by atomic mass is 35.5. The molecular formula is C12H13ClF3N5. The largest absolute Gasteiger partial charge is 0.398 e. The maximum absolute atomic E-state index is 12.1. The second-order valence-corrected chi connectivity index (χ2v) is 4.94. The van der Waals surface area contributed by atoms with Crippen LogP contribution in [0.1, 0.15) is 19.3 Å². The number of nitrogens with zero attached hydrogens (tertiary/aromatic N) is 4. The zero-order chi connectivity index (χ0) is 15.5. The number of alkyl halides is 3. The number of hydrogen-bond acceptors (Lipinski definition) is 4. The van der Waals surface area contributed by atoms with Crippen LogP contribution in [0.5, 0.6) is 0 Å². The summed E-state index contributed by atoms with van der Waals surface area (Å²) in [7, 11) is 0. The average Bonchev–Trinajstić information content (AvgIpc) is 2.85. The van der Waals surface area contributed by atoms with E-state index < -0.39 is 12.6 Å². The maximum Gasteiger partial charge on any atom is 0.389 e. The normalized spacial score (nSPS) is 11.8. The van der Waals surface area contributed by atoms with Gasteiger partial charge in [-0.1, -0.05) is 11.6 Å². The molecule has 0 radical (unpaired) electrons. The van der Waals surface area contributed by atoms with E-state index in [1.807, 2.05) is 0 Å². The van der Waals surface area contributed by atoms with E-state index in [2.05, 4.69) is 15.5 Å². The van der Waals surface area contributed by atoms with Crippen molar-refractivity contribution in [3.63, 3.8) is 0 Å². The first-order valence-corrected chi connectivity index (χ1v) is 6.63. The van der Waals surface area contributed by atoms with Gasteiger partial charge in [0.25, 0.3) is 0 Å². The third-order valence-corrected chi connectivity index (χ3v) is 3.20. The zero-order valence-electron chi connectivity index (χ0n) is 10.9. The first kappa shape index (κ1) is 15.6. The molecule has 2 aromatic rings. The Bertz CT molecular complexity index is 611. The summed E-state index contributed by atoms with van der Waals surface area (Å²) in [6, 6.07) is 4.95. The highest BCUT2D eigenvalue weighted by molar-refractivity contribution is 6.33. The number of rotatable bonds is 5. The van der Waals surface area contributed by atoms with Gasteiger partial charge in [0.15, 0.2) is 5.82 Å². The Labute approximate surface area is 123 Å². The lowest BCUT2D eigenvalue weighted by Gasteiger charge is -2.07. The van der Waals surface area contributed by atoms with E-state index in [0.29, 0.717) is 35.1 Å². The number of nitrogens with two attached hydrogens (primary N) is 1. The molecule has 0 aliphatic heterocycles. The molecule has 0 fully saturated rings. The van der Waals surface area contributed by atoms with Gasteiger partial charge in [-0.3, -0.25) is 0 Å². The monoisotopic (exact) mass is 319 g/mol. The Morgan fingerprint density at radius 3 is 2.67 bits per heavy atom. The lowest BCUT2D eigenvalue weighted by atomic mass is 10.2. The molecule has 5 nitrogen and oxygen atoms in total. The van der Waals surface area contributed by atoms with Crippen molar-refractivity contribution in [2.75, 3.05) is 5.73 Å². The number of anilines is 1. The second-order valence-electron chi connectivity index (χ2n) is 4.53. The van der Waals surface area contributed by atoms with Crippen LogP contribution in [0.25, 0.3) is 11.4 Å². The molecule has 2 N–H and O–H groups in total. The lowest BCUT2D eigenvalue weighted by Crippen LogP contribution is -2.08. The highest BCUT2D eigenvalue weighted by Gasteiger charge is 2.25. The average molecular weight is 320 g/mol. The smallest absolute Gasteiger partial charge is 0.389 e. The summed E-state index contributed by atoms with van der Waals surface area (Å²) in [4.78, 5) is 0. The van der Waals surface area contributed by atoms with Gasteiger partial charge in [0.1, 0.15) is 0 Å². The molecule has 0 bridgehead atoms. The molecular weight excluding hydrogens is 307 g/mol. The Kier molecular flexibility index (Phi) is 4.66. The number of hydrogen-bond donors (Lipinski definition) is 1. The highest BCUT2D eigenvalue weighted by Crippen LogP contribution is 2.26. The van der Waals surface area contributed by atoms with Crippen LogP contribution in [-0.2, 0) is 6.54 Å². The van der Waals surface area contributed by atoms with Gasteiger partial charge in [-0.15, -0.1) is 5.10 Å². The maximum atomic E-state index is 12.1. The van der Waals surface area contributed by atoms with Gasteiger partial charge in [-0.05, 0) is 41.5 Å². The number of tetrazole rings is 1. The summed E-state index contributed by atoms with van der Waals surface area (Å²) in [6.45, 7) is 0.306. The summed E-state index contributed by atoms with van der Waals surface area (Å²) < 4.78 is 37.7. The fraction of sp³-hybridized carbons (Fsp3) is 0.417. The first-order valence-electron chi connectivity index (χ1n) is 6.25. The van der Waals surface area contributed by atoms with Crippen LogP contribution in [-0.4, -0.2) is 26.4 Å². The molecule has 1 heterocycles. The van der Waals surface area contributed by atoms with Gasteiger partial charge in [0, 0.05) is 18.5 Å². The molecule has 0 aliphatic carbocycles. The van der Waals surface area contributed by atoms with Crippen molar-refractivity contribution in [2.45, 2.75) is 32.0 Å². The standard InChI is InChI=1S/C12H13ClF3N5/c13-9-7-8(3-4-10(9)17)11-18-19-20-21(11)6-2-1-5-12(14,15)16/h3-4,7H,1-2,5-6,17H2. The van der Waals surface area contributed by atoms with E-state index in [0.717, 1.165) is 0 Å². The van der Waals surface area contributed by atoms with Gasteiger partial charge < -0.3 is 5.73 Å². The number of aryl methyl sites for hydroxylation is 1. The van der Waals surface area contributed by atoms with Crippen LogP contribution < -0.4 is 5.73 Å². The van der Waals surface area contributed by atoms with E-state index in [4.69, 9.17) is 17.3 Å². The SMILES string of the molecule is Nc1ccc(-c2nnnn2CCCCC(F)(F)F)cc1Cl. The molecule has 2 rings (SSSR count). The first-order chi connectivity index (χ1) is 9.87. The molecule has 0 amide bonds. The third kappa shape index (κ3) is 4.32. The van der Waals surface area contributed by atoms with Crippen LogP contribution >= 0.6 is 11.6 Å². The lowest BCUT2D eigenvalue weighted by molar-refractivity contribution is -0.135. The van der Waals surface area contributed by atoms with E-state index in [1.54, 1.807) is 18.2 Å². The third-order valence-electron chi connectivity index (χ3n) is 2.87. The molecule has 114 valence electrons. The summed E-state index contributed by atoms with van der Waals surface area (Å²) in [5, 5.41) is 11.6. The molecule has 1 aromatic carbocycles. The van der Waals surface area contributed by atoms with Crippen LogP contribution in [0.15, 0.2) is 18.2 Å². The molecule has 0 atom stereocenters. The number of nitrogen functional groups attached to an aromatic ring is 1. The molecule has 0 saturated carbocycles. The number of unbranched alkanes of at least 4 members (excludes halogenated alkanes) is 1. The molecule has 0 saturated heterocycles. The summed E-state index contributed by atoms with van der Waals surface area (Å²) in [5.41, 5.74) is 6.72. The van der Waals surface area contributed by atoms with Crippen LogP contribution in [0.3, 0.4) is 0 Å². The Morgan fingerprint density at radius 1 is 1.24 bits per heavy atom. The predicted octanol–water partition coefficient (Wildman–Crippen LogP) is 3.31. The minimum Gasteiger partial charge on any atom is -0.398 e. The quantitative estimate of drug-likeness (QED) is 0.678. The fourth-order valence-electron chi connectivity index (χ4n) is 1.82. The van der Waals surface area contributed by atoms with Gasteiger partial charge in [-0.25, -0.2) is 4.68 Å². The molecule has 21 heavy (non-hydrogen) atoms. The van der Waals surface area contributed by atoms with Gasteiger partial charge in [0.05, 0.1) is 10.7 Å². The molecule has 0 spiro atoms. The van der Waals surface area contributed by atoms with Crippen molar-refractivity contribution in [1.82, 2.24) is 20.2 Å². The van der Waals surface area contributed by atoms with E-state index in [-0.39, 0.29) is 6.42 Å². The summed E-state index contributed by atoms with van der Waals surface area (Å²) >= 11 is 5.93. The van der Waals surface area contributed by atoms with Crippen molar-refractivity contribution in [2.24, 2.45) is 0 Å². The topological polar surface area (TPSA) is 69.6 Å².